The fraction of sp³-hybridized carbons (Fsp3) is 0.105. The van der Waals surface area contributed by atoms with E-state index in [0.29, 0.717) is 11.5 Å². The monoisotopic (exact) mass is 349 g/mol. The third-order valence-corrected chi connectivity index (χ3v) is 4.00. The fourth-order valence-corrected chi connectivity index (χ4v) is 2.69. The van der Waals surface area contributed by atoms with E-state index in [4.69, 9.17) is 4.74 Å². The highest BCUT2D eigenvalue weighted by Crippen LogP contribution is 2.25. The lowest BCUT2D eigenvalue weighted by atomic mass is 10.1. The lowest BCUT2D eigenvalue weighted by Crippen LogP contribution is -2.20. The number of anilines is 1. The second-order valence-electron chi connectivity index (χ2n) is 5.70. The molecule has 0 amide bonds. The number of rotatable bonds is 6. The first-order valence-corrected chi connectivity index (χ1v) is 8.14. The molecule has 2 aromatic heterocycles. The number of hydrogen-bond acceptors (Lipinski definition) is 5. The minimum Gasteiger partial charge on any atom is -0.488 e. The van der Waals surface area contributed by atoms with Gasteiger partial charge < -0.3 is 10.1 Å². The molecule has 1 atom stereocenters. The third-order valence-electron chi connectivity index (χ3n) is 4.00. The smallest absolute Gasteiger partial charge is 0.165 e. The van der Waals surface area contributed by atoms with E-state index in [9.17, 15) is 4.39 Å². The standard InChI is InChI=1S/C19H16FN5O/c20-15-8-4-5-9-17(15)26-11-16(13-6-2-1-3-7-13)24-18-14-10-23-25-19(14)22-12-21-18/h1-10,12,16H,11H2,(H2,21,22,23,24,25). The Kier molecular flexibility index (Phi) is 4.42. The van der Waals surface area contributed by atoms with Crippen molar-refractivity contribution in [3.63, 3.8) is 0 Å². The summed E-state index contributed by atoms with van der Waals surface area (Å²) in [7, 11) is 0. The molecule has 2 N–H and O–H groups in total. The summed E-state index contributed by atoms with van der Waals surface area (Å²) in [6.07, 6.45) is 3.13. The number of hydrogen-bond donors (Lipinski definition) is 2. The summed E-state index contributed by atoms with van der Waals surface area (Å²) in [6.45, 7) is 0.230. The van der Waals surface area contributed by atoms with Gasteiger partial charge in [0.1, 0.15) is 18.8 Å². The number of para-hydroxylation sites is 1. The van der Waals surface area contributed by atoms with Crippen LogP contribution in [0.2, 0.25) is 0 Å². The number of halogens is 1. The summed E-state index contributed by atoms with van der Waals surface area (Å²) < 4.78 is 19.6. The van der Waals surface area contributed by atoms with Crippen LogP contribution in [0.4, 0.5) is 10.2 Å². The summed E-state index contributed by atoms with van der Waals surface area (Å²) in [6, 6.07) is 15.9. The first kappa shape index (κ1) is 16.0. The second-order valence-corrected chi connectivity index (χ2v) is 5.70. The number of benzene rings is 2. The van der Waals surface area contributed by atoms with Crippen molar-refractivity contribution in [1.29, 1.82) is 0 Å². The Morgan fingerprint density at radius 3 is 2.69 bits per heavy atom. The molecule has 7 heteroatoms. The molecule has 0 saturated heterocycles. The molecule has 0 fully saturated rings. The van der Waals surface area contributed by atoms with Crippen molar-refractivity contribution in [2.24, 2.45) is 0 Å². The lowest BCUT2D eigenvalue weighted by Gasteiger charge is -2.20. The SMILES string of the molecule is Fc1ccccc1OCC(Nc1ncnc2[nH]ncc12)c1ccccc1. The van der Waals surface area contributed by atoms with E-state index in [2.05, 4.69) is 25.5 Å². The van der Waals surface area contributed by atoms with Crippen molar-refractivity contribution in [3.05, 3.63) is 78.5 Å². The molecule has 2 heterocycles. The van der Waals surface area contributed by atoms with Crippen molar-refractivity contribution in [2.45, 2.75) is 6.04 Å². The molecule has 4 aromatic rings. The van der Waals surface area contributed by atoms with E-state index in [-0.39, 0.29) is 18.4 Å². The average molecular weight is 349 g/mol. The Morgan fingerprint density at radius 1 is 1.04 bits per heavy atom. The molecule has 26 heavy (non-hydrogen) atoms. The van der Waals surface area contributed by atoms with Gasteiger partial charge in [-0.15, -0.1) is 0 Å². The third kappa shape index (κ3) is 3.32. The number of H-pyrrole nitrogens is 1. The largest absolute Gasteiger partial charge is 0.488 e. The summed E-state index contributed by atoms with van der Waals surface area (Å²) in [5.74, 6) is 0.458. The lowest BCUT2D eigenvalue weighted by molar-refractivity contribution is 0.284. The Hall–Kier alpha value is -3.48. The van der Waals surface area contributed by atoms with Crippen LogP contribution in [0.3, 0.4) is 0 Å². The minimum absolute atomic E-state index is 0.214. The molecular weight excluding hydrogens is 333 g/mol. The van der Waals surface area contributed by atoms with Crippen molar-refractivity contribution in [3.8, 4) is 5.75 Å². The molecule has 0 spiro atoms. The highest BCUT2D eigenvalue weighted by Gasteiger charge is 2.16. The first-order valence-electron chi connectivity index (χ1n) is 8.14. The van der Waals surface area contributed by atoms with Crippen molar-refractivity contribution < 1.29 is 9.13 Å². The molecule has 1 unspecified atom stereocenters. The second kappa shape index (κ2) is 7.18. The van der Waals surface area contributed by atoms with Gasteiger partial charge >= 0.3 is 0 Å². The normalized spacial score (nSPS) is 12.0. The Labute approximate surface area is 149 Å². The molecule has 130 valence electrons. The van der Waals surface area contributed by atoms with Crippen LogP contribution in [0, 0.1) is 5.82 Å². The highest BCUT2D eigenvalue weighted by atomic mass is 19.1. The molecule has 0 saturated carbocycles. The van der Waals surface area contributed by atoms with Gasteiger partial charge in [-0.3, -0.25) is 5.10 Å². The molecule has 4 rings (SSSR count). The predicted octanol–water partition coefficient (Wildman–Crippen LogP) is 3.72. The van der Waals surface area contributed by atoms with Gasteiger partial charge in [-0.25, -0.2) is 14.4 Å². The molecule has 0 aliphatic heterocycles. The summed E-state index contributed by atoms with van der Waals surface area (Å²) in [5.41, 5.74) is 1.64. The Bertz CT molecular complexity index is 1000. The predicted molar refractivity (Wildman–Crippen MR) is 96.4 cm³/mol. The van der Waals surface area contributed by atoms with E-state index in [1.807, 2.05) is 30.3 Å². The number of aromatic nitrogens is 4. The van der Waals surface area contributed by atoms with E-state index >= 15 is 0 Å². The Morgan fingerprint density at radius 2 is 1.85 bits per heavy atom. The van der Waals surface area contributed by atoms with Gasteiger partial charge in [0.25, 0.3) is 0 Å². The van der Waals surface area contributed by atoms with Crippen LogP contribution >= 0.6 is 0 Å². The highest BCUT2D eigenvalue weighted by molar-refractivity contribution is 5.85. The minimum atomic E-state index is -0.390. The molecule has 2 aromatic carbocycles. The van der Waals surface area contributed by atoms with Crippen LogP contribution in [0.15, 0.2) is 67.1 Å². The molecule has 0 radical (unpaired) electrons. The van der Waals surface area contributed by atoms with Gasteiger partial charge in [-0.2, -0.15) is 5.10 Å². The maximum atomic E-state index is 13.9. The fourth-order valence-electron chi connectivity index (χ4n) is 2.69. The number of ether oxygens (including phenoxy) is 1. The number of nitrogens with one attached hydrogen (secondary N) is 2. The topological polar surface area (TPSA) is 75.7 Å². The van der Waals surface area contributed by atoms with Crippen molar-refractivity contribution >= 4 is 16.9 Å². The quantitative estimate of drug-likeness (QED) is 0.555. The molecule has 0 aliphatic rings. The van der Waals surface area contributed by atoms with Crippen molar-refractivity contribution in [2.75, 3.05) is 11.9 Å². The maximum absolute atomic E-state index is 13.9. The number of fused-ring (bicyclic) bond motifs is 1. The molecular formula is C19H16FN5O. The summed E-state index contributed by atoms with van der Waals surface area (Å²) in [5, 5.41) is 10.9. The molecule has 6 nitrogen and oxygen atoms in total. The maximum Gasteiger partial charge on any atom is 0.165 e. The van der Waals surface area contributed by atoms with Gasteiger partial charge in [0.05, 0.1) is 17.6 Å². The van der Waals surface area contributed by atoms with E-state index in [0.717, 1.165) is 10.9 Å². The summed E-state index contributed by atoms with van der Waals surface area (Å²) >= 11 is 0. The van der Waals surface area contributed by atoms with E-state index in [1.165, 1.54) is 12.4 Å². The molecule has 0 bridgehead atoms. The van der Waals surface area contributed by atoms with Gasteiger partial charge in [-0.05, 0) is 17.7 Å². The van der Waals surface area contributed by atoms with Crippen LogP contribution in [0.25, 0.3) is 11.0 Å². The van der Waals surface area contributed by atoms with Crippen molar-refractivity contribution in [1.82, 2.24) is 20.2 Å². The summed E-state index contributed by atoms with van der Waals surface area (Å²) in [4.78, 5) is 8.44. The van der Waals surface area contributed by atoms with Gasteiger partial charge in [0.2, 0.25) is 0 Å². The van der Waals surface area contributed by atoms with Crippen LogP contribution < -0.4 is 10.1 Å². The van der Waals surface area contributed by atoms with Crippen LogP contribution in [-0.4, -0.2) is 26.8 Å². The van der Waals surface area contributed by atoms with Gasteiger partial charge in [-0.1, -0.05) is 42.5 Å². The number of nitrogens with zero attached hydrogens (tertiary/aromatic N) is 3. The Balaban J connectivity index is 1.61. The van der Waals surface area contributed by atoms with Gasteiger partial charge in [0, 0.05) is 0 Å². The van der Waals surface area contributed by atoms with E-state index in [1.54, 1.807) is 24.4 Å². The first-order chi connectivity index (χ1) is 12.8. The van der Waals surface area contributed by atoms with Crippen LogP contribution in [0.1, 0.15) is 11.6 Å². The average Bonchev–Trinajstić information content (AvgIpc) is 3.16. The number of aromatic amines is 1. The zero-order chi connectivity index (χ0) is 17.8. The molecule has 0 aliphatic carbocycles. The van der Waals surface area contributed by atoms with Crippen LogP contribution in [0.5, 0.6) is 5.75 Å². The van der Waals surface area contributed by atoms with Gasteiger partial charge in [0.15, 0.2) is 17.2 Å². The zero-order valence-corrected chi connectivity index (χ0v) is 13.8. The zero-order valence-electron chi connectivity index (χ0n) is 13.8. The van der Waals surface area contributed by atoms with E-state index < -0.39 is 5.82 Å². The van der Waals surface area contributed by atoms with Crippen LogP contribution in [-0.2, 0) is 0 Å².